The van der Waals surface area contributed by atoms with Crippen molar-refractivity contribution in [2.45, 2.75) is 39.3 Å². The lowest BCUT2D eigenvalue weighted by molar-refractivity contribution is -0.162. The molecule has 5 heteroatoms. The highest BCUT2D eigenvalue weighted by atomic mass is 79.9. The van der Waals surface area contributed by atoms with Gasteiger partial charge in [0.15, 0.2) is 0 Å². The fourth-order valence-corrected chi connectivity index (χ4v) is 1.19. The number of allylic oxidation sites excluding steroid dienone is 1. The zero-order valence-electron chi connectivity index (χ0n) is 11.0. The van der Waals surface area contributed by atoms with Gasteiger partial charge in [0.05, 0.1) is 0 Å². The molecule has 1 atom stereocenters. The van der Waals surface area contributed by atoms with Crippen LogP contribution in [0.25, 0.3) is 0 Å². The maximum absolute atomic E-state index is 11.7. The molecule has 0 spiro atoms. The number of hydrogen-bond acceptors (Lipinski definition) is 3. The molecule has 0 aromatic heterocycles. The van der Waals surface area contributed by atoms with Gasteiger partial charge in [-0.15, -0.1) is 0 Å². The summed E-state index contributed by atoms with van der Waals surface area (Å²) >= 11 is 3.18. The molecule has 0 radical (unpaired) electrons. The minimum Gasteiger partial charge on any atom is -0.458 e. The zero-order chi connectivity index (χ0) is 13.6. The summed E-state index contributed by atoms with van der Waals surface area (Å²) in [5.74, 6) is -0.622. The van der Waals surface area contributed by atoms with E-state index in [0.717, 1.165) is 0 Å². The summed E-state index contributed by atoms with van der Waals surface area (Å²) in [6.45, 7) is 7.03. The standard InChI is InChI=1S/C12H20BrNO3/c1-9(11(16)17-12(2,3)4)14(5)10(15)7-6-8-13/h6-7,9H,8H2,1-5H3/b7-6+/t9-/m0/s1. The fourth-order valence-electron chi connectivity index (χ4n) is 0.999. The summed E-state index contributed by atoms with van der Waals surface area (Å²) in [7, 11) is 1.58. The highest BCUT2D eigenvalue weighted by molar-refractivity contribution is 9.09. The van der Waals surface area contributed by atoms with Gasteiger partial charge in [0, 0.05) is 12.4 Å². The largest absolute Gasteiger partial charge is 0.458 e. The van der Waals surface area contributed by atoms with Crippen molar-refractivity contribution in [1.82, 2.24) is 4.90 Å². The van der Waals surface area contributed by atoms with Crippen molar-refractivity contribution in [2.24, 2.45) is 0 Å². The average molecular weight is 306 g/mol. The third-order valence-corrected chi connectivity index (χ3v) is 2.40. The van der Waals surface area contributed by atoms with Crippen LogP contribution in [-0.4, -0.2) is 40.8 Å². The number of nitrogens with zero attached hydrogens (tertiary/aromatic N) is 1. The summed E-state index contributed by atoms with van der Waals surface area (Å²) in [6, 6.07) is -0.596. The van der Waals surface area contributed by atoms with E-state index in [4.69, 9.17) is 4.74 Å². The van der Waals surface area contributed by atoms with Gasteiger partial charge in [-0.05, 0) is 33.8 Å². The van der Waals surface area contributed by atoms with E-state index in [1.807, 2.05) is 0 Å². The van der Waals surface area contributed by atoms with Crippen LogP contribution in [0.2, 0.25) is 0 Å². The monoisotopic (exact) mass is 305 g/mol. The number of likely N-dealkylation sites (N-methyl/N-ethyl adjacent to an activating group) is 1. The van der Waals surface area contributed by atoms with Crippen LogP contribution in [0, 0.1) is 0 Å². The number of alkyl halides is 1. The molecule has 0 N–H and O–H groups in total. The van der Waals surface area contributed by atoms with Crippen LogP contribution < -0.4 is 0 Å². The molecule has 0 aliphatic carbocycles. The number of hydrogen-bond donors (Lipinski definition) is 0. The number of amides is 1. The van der Waals surface area contributed by atoms with Crippen molar-refractivity contribution in [3.63, 3.8) is 0 Å². The van der Waals surface area contributed by atoms with Crippen molar-refractivity contribution in [2.75, 3.05) is 12.4 Å². The minimum absolute atomic E-state index is 0.220. The molecule has 0 fully saturated rings. The van der Waals surface area contributed by atoms with Crippen LogP contribution >= 0.6 is 15.9 Å². The van der Waals surface area contributed by atoms with Gasteiger partial charge in [-0.25, -0.2) is 4.79 Å². The fraction of sp³-hybridized carbons (Fsp3) is 0.667. The second kappa shape index (κ2) is 6.79. The molecule has 0 aliphatic rings. The highest BCUT2D eigenvalue weighted by Gasteiger charge is 2.26. The number of halogens is 1. The van der Waals surface area contributed by atoms with Gasteiger partial charge in [-0.1, -0.05) is 22.0 Å². The molecule has 17 heavy (non-hydrogen) atoms. The molecular weight excluding hydrogens is 286 g/mol. The average Bonchev–Trinajstić information content (AvgIpc) is 2.21. The van der Waals surface area contributed by atoms with E-state index >= 15 is 0 Å². The van der Waals surface area contributed by atoms with E-state index in [9.17, 15) is 9.59 Å². The van der Waals surface area contributed by atoms with E-state index < -0.39 is 17.6 Å². The molecule has 0 heterocycles. The lowest BCUT2D eigenvalue weighted by Gasteiger charge is -2.26. The molecular formula is C12H20BrNO3. The molecule has 0 aromatic carbocycles. The Kier molecular flexibility index (Phi) is 6.45. The first-order chi connectivity index (χ1) is 7.69. The molecule has 0 saturated carbocycles. The third kappa shape index (κ3) is 6.46. The number of ether oxygens (including phenoxy) is 1. The quantitative estimate of drug-likeness (QED) is 0.454. The first kappa shape index (κ1) is 16.2. The predicted octanol–water partition coefficient (Wildman–Crippen LogP) is 2.13. The van der Waals surface area contributed by atoms with E-state index in [1.54, 1.807) is 40.8 Å². The Morgan fingerprint density at radius 1 is 1.41 bits per heavy atom. The van der Waals surface area contributed by atoms with Crippen LogP contribution in [0.15, 0.2) is 12.2 Å². The molecule has 0 aromatic rings. The Balaban J connectivity index is 4.49. The minimum atomic E-state index is -0.596. The van der Waals surface area contributed by atoms with Crippen LogP contribution in [0.3, 0.4) is 0 Å². The molecule has 0 saturated heterocycles. The van der Waals surface area contributed by atoms with Crippen molar-refractivity contribution in [3.8, 4) is 0 Å². The van der Waals surface area contributed by atoms with Crippen molar-refractivity contribution < 1.29 is 14.3 Å². The third-order valence-electron chi connectivity index (χ3n) is 2.03. The van der Waals surface area contributed by atoms with Gasteiger partial charge >= 0.3 is 5.97 Å². The van der Waals surface area contributed by atoms with Gasteiger partial charge in [-0.2, -0.15) is 0 Å². The van der Waals surface area contributed by atoms with Gasteiger partial charge in [-0.3, -0.25) is 4.79 Å². The Bertz CT molecular complexity index is 307. The van der Waals surface area contributed by atoms with Crippen LogP contribution in [0.5, 0.6) is 0 Å². The normalized spacial score (nSPS) is 13.5. The maximum Gasteiger partial charge on any atom is 0.329 e. The summed E-state index contributed by atoms with van der Waals surface area (Å²) < 4.78 is 5.21. The van der Waals surface area contributed by atoms with Gasteiger partial charge in [0.2, 0.25) is 5.91 Å². The Hall–Kier alpha value is -0.840. The first-order valence-corrected chi connectivity index (χ1v) is 6.53. The van der Waals surface area contributed by atoms with Crippen molar-refractivity contribution >= 4 is 27.8 Å². The SMILES string of the molecule is C[C@@H](C(=O)OC(C)(C)C)N(C)C(=O)/C=C/CBr. The molecule has 0 unspecified atom stereocenters. The molecule has 0 bridgehead atoms. The maximum atomic E-state index is 11.7. The van der Waals surface area contributed by atoms with Crippen molar-refractivity contribution in [3.05, 3.63) is 12.2 Å². The van der Waals surface area contributed by atoms with E-state index in [2.05, 4.69) is 15.9 Å². The topological polar surface area (TPSA) is 46.6 Å². The molecule has 98 valence electrons. The predicted molar refractivity (Wildman–Crippen MR) is 71.0 cm³/mol. The first-order valence-electron chi connectivity index (χ1n) is 5.41. The van der Waals surface area contributed by atoms with E-state index in [1.165, 1.54) is 11.0 Å². The van der Waals surface area contributed by atoms with Crippen molar-refractivity contribution in [1.29, 1.82) is 0 Å². The number of esters is 1. The molecule has 0 rings (SSSR count). The van der Waals surface area contributed by atoms with Crippen LogP contribution in [0.1, 0.15) is 27.7 Å². The zero-order valence-corrected chi connectivity index (χ0v) is 12.6. The lowest BCUT2D eigenvalue weighted by atomic mass is 10.2. The van der Waals surface area contributed by atoms with Crippen LogP contribution in [-0.2, 0) is 14.3 Å². The molecule has 0 aliphatic heterocycles. The van der Waals surface area contributed by atoms with E-state index in [-0.39, 0.29) is 5.91 Å². The van der Waals surface area contributed by atoms with Gasteiger partial charge in [0.1, 0.15) is 11.6 Å². The summed E-state index contributed by atoms with van der Waals surface area (Å²) in [5, 5.41) is 0.605. The smallest absolute Gasteiger partial charge is 0.329 e. The Labute approximate surface area is 111 Å². The summed E-state index contributed by atoms with van der Waals surface area (Å²) in [4.78, 5) is 24.7. The Morgan fingerprint density at radius 2 is 1.94 bits per heavy atom. The second-order valence-electron chi connectivity index (χ2n) is 4.72. The summed E-state index contributed by atoms with van der Waals surface area (Å²) in [6.07, 6.45) is 3.11. The second-order valence-corrected chi connectivity index (χ2v) is 5.36. The highest BCUT2D eigenvalue weighted by Crippen LogP contribution is 2.10. The van der Waals surface area contributed by atoms with Crippen LogP contribution in [0.4, 0.5) is 0 Å². The number of carbonyl (C=O) groups excluding carboxylic acids is 2. The number of carbonyl (C=O) groups is 2. The summed E-state index contributed by atoms with van der Waals surface area (Å²) in [5.41, 5.74) is -0.541. The molecule has 4 nitrogen and oxygen atoms in total. The number of rotatable bonds is 4. The Morgan fingerprint density at radius 3 is 2.35 bits per heavy atom. The lowest BCUT2D eigenvalue weighted by Crippen LogP contribution is -2.42. The van der Waals surface area contributed by atoms with Gasteiger partial charge < -0.3 is 9.64 Å². The molecule has 1 amide bonds. The van der Waals surface area contributed by atoms with E-state index in [0.29, 0.717) is 5.33 Å². The van der Waals surface area contributed by atoms with Gasteiger partial charge in [0.25, 0.3) is 0 Å².